The van der Waals surface area contributed by atoms with Gasteiger partial charge in [0.15, 0.2) is 0 Å². The molecule has 0 aromatic carbocycles. The molecule has 2 aromatic heterocycles. The summed E-state index contributed by atoms with van der Waals surface area (Å²) in [5.41, 5.74) is 0.753. The van der Waals surface area contributed by atoms with Gasteiger partial charge in [0.1, 0.15) is 0 Å². The fourth-order valence-corrected chi connectivity index (χ4v) is 4.45. The van der Waals surface area contributed by atoms with E-state index in [1.165, 1.54) is 32.1 Å². The predicted octanol–water partition coefficient (Wildman–Crippen LogP) is 1.86. The Morgan fingerprint density at radius 2 is 2.16 bits per heavy atom. The van der Waals surface area contributed by atoms with Crippen molar-refractivity contribution in [2.24, 2.45) is 5.92 Å². The van der Waals surface area contributed by atoms with E-state index in [2.05, 4.69) is 25.3 Å². The molecule has 0 spiro atoms. The first-order valence-corrected chi connectivity index (χ1v) is 11.1. The first-order valence-electron chi connectivity index (χ1n) is 11.1. The lowest BCUT2D eigenvalue weighted by Gasteiger charge is -2.38. The molecule has 1 unspecified atom stereocenters. The van der Waals surface area contributed by atoms with Crippen molar-refractivity contribution in [3.8, 4) is 11.4 Å². The first kappa shape index (κ1) is 21.4. The van der Waals surface area contributed by atoms with Crippen LogP contribution in [0, 0.1) is 5.92 Å². The lowest BCUT2D eigenvalue weighted by Crippen LogP contribution is -2.57. The maximum absolute atomic E-state index is 12.9. The predicted molar refractivity (Wildman–Crippen MR) is 114 cm³/mol. The van der Waals surface area contributed by atoms with Gasteiger partial charge in [-0.2, -0.15) is 4.98 Å². The van der Waals surface area contributed by atoms with Crippen molar-refractivity contribution < 1.29 is 14.1 Å². The lowest BCUT2D eigenvalue weighted by atomic mass is 9.88. The molecule has 31 heavy (non-hydrogen) atoms. The molecule has 9 heteroatoms. The molecule has 9 nitrogen and oxygen atoms in total. The van der Waals surface area contributed by atoms with E-state index >= 15 is 0 Å². The standard InChI is InChI=1S/C22H30N6O3/c1-27(15-19-25-21(26-31-19)17-8-5-9-23-13-17)20(29)12-18-22(30)24-10-11-28(18)14-16-6-3-2-4-7-16/h5,8-9,13,16,18H,2-4,6-7,10-12,14-15H2,1H3,(H,24,30). The van der Waals surface area contributed by atoms with Crippen molar-refractivity contribution in [2.45, 2.75) is 51.1 Å². The van der Waals surface area contributed by atoms with Crippen molar-refractivity contribution >= 4 is 11.8 Å². The van der Waals surface area contributed by atoms with Crippen molar-refractivity contribution in [2.75, 3.05) is 26.7 Å². The number of nitrogens with zero attached hydrogens (tertiary/aromatic N) is 5. The number of carbonyl (C=O) groups is 2. The third kappa shape index (κ3) is 5.46. The first-order chi connectivity index (χ1) is 15.1. The molecule has 2 aromatic rings. The van der Waals surface area contributed by atoms with Gasteiger partial charge in [-0.15, -0.1) is 0 Å². The highest BCUT2D eigenvalue weighted by atomic mass is 16.5. The fraction of sp³-hybridized carbons (Fsp3) is 0.591. The fourth-order valence-electron chi connectivity index (χ4n) is 4.45. The average molecular weight is 427 g/mol. The summed E-state index contributed by atoms with van der Waals surface area (Å²) in [5.74, 6) is 1.24. The highest BCUT2D eigenvalue weighted by Crippen LogP contribution is 2.26. The third-order valence-electron chi connectivity index (χ3n) is 6.21. The van der Waals surface area contributed by atoms with Gasteiger partial charge in [-0.3, -0.25) is 19.5 Å². The van der Waals surface area contributed by atoms with Gasteiger partial charge in [-0.05, 0) is 30.9 Å². The molecular weight excluding hydrogens is 396 g/mol. The molecule has 4 rings (SSSR count). The molecular formula is C22H30N6O3. The number of piperazine rings is 1. The molecule has 1 atom stereocenters. The summed E-state index contributed by atoms with van der Waals surface area (Å²) in [6, 6.07) is 3.23. The Hall–Kier alpha value is -2.81. The van der Waals surface area contributed by atoms with Gasteiger partial charge in [0.05, 0.1) is 19.0 Å². The van der Waals surface area contributed by atoms with Crippen LogP contribution in [0.1, 0.15) is 44.4 Å². The van der Waals surface area contributed by atoms with Crippen molar-refractivity contribution in [3.05, 3.63) is 30.4 Å². The van der Waals surface area contributed by atoms with E-state index in [0.29, 0.717) is 24.2 Å². The largest absolute Gasteiger partial charge is 0.353 e. The molecule has 0 bridgehead atoms. The van der Waals surface area contributed by atoms with E-state index in [0.717, 1.165) is 18.7 Å². The Kier molecular flexibility index (Phi) is 6.91. The number of hydrogen-bond donors (Lipinski definition) is 1. The van der Waals surface area contributed by atoms with E-state index in [1.54, 1.807) is 30.4 Å². The minimum absolute atomic E-state index is 0.0551. The Labute approximate surface area is 182 Å². The van der Waals surface area contributed by atoms with Gasteiger partial charge in [0, 0.05) is 44.6 Å². The highest BCUT2D eigenvalue weighted by molar-refractivity contribution is 5.88. The Bertz CT molecular complexity index is 880. The Morgan fingerprint density at radius 1 is 1.32 bits per heavy atom. The van der Waals surface area contributed by atoms with Gasteiger partial charge < -0.3 is 14.7 Å². The summed E-state index contributed by atoms with van der Waals surface area (Å²) in [6.45, 7) is 2.53. The van der Waals surface area contributed by atoms with Crippen LogP contribution < -0.4 is 5.32 Å². The van der Waals surface area contributed by atoms with Crippen LogP contribution >= 0.6 is 0 Å². The van der Waals surface area contributed by atoms with Crippen LogP contribution in [0.25, 0.3) is 11.4 Å². The molecule has 2 fully saturated rings. The third-order valence-corrected chi connectivity index (χ3v) is 6.21. The molecule has 1 N–H and O–H groups in total. The zero-order chi connectivity index (χ0) is 21.6. The van der Waals surface area contributed by atoms with Crippen LogP contribution in [0.5, 0.6) is 0 Å². The molecule has 1 aliphatic heterocycles. The van der Waals surface area contributed by atoms with Crippen LogP contribution in [0.4, 0.5) is 0 Å². The highest BCUT2D eigenvalue weighted by Gasteiger charge is 2.34. The number of carbonyl (C=O) groups excluding carboxylic acids is 2. The monoisotopic (exact) mass is 426 g/mol. The van der Waals surface area contributed by atoms with Gasteiger partial charge in [-0.1, -0.05) is 24.4 Å². The summed E-state index contributed by atoms with van der Waals surface area (Å²) in [4.78, 5) is 37.6. The van der Waals surface area contributed by atoms with Crippen molar-refractivity contribution in [1.29, 1.82) is 0 Å². The number of pyridine rings is 1. The molecule has 3 heterocycles. The van der Waals surface area contributed by atoms with Crippen LogP contribution in [0.2, 0.25) is 0 Å². The number of amides is 2. The molecule has 0 radical (unpaired) electrons. The van der Waals surface area contributed by atoms with Gasteiger partial charge in [-0.25, -0.2) is 0 Å². The normalized spacial score (nSPS) is 20.4. The van der Waals surface area contributed by atoms with E-state index in [1.807, 2.05) is 6.07 Å². The number of aromatic nitrogens is 3. The quantitative estimate of drug-likeness (QED) is 0.720. The van der Waals surface area contributed by atoms with Gasteiger partial charge in [0.25, 0.3) is 0 Å². The van der Waals surface area contributed by atoms with Gasteiger partial charge >= 0.3 is 0 Å². The molecule has 166 valence electrons. The van der Waals surface area contributed by atoms with E-state index in [-0.39, 0.29) is 24.8 Å². The molecule has 1 saturated heterocycles. The number of nitrogens with one attached hydrogen (secondary N) is 1. The van der Waals surface area contributed by atoms with Crippen molar-refractivity contribution in [1.82, 2.24) is 30.2 Å². The van der Waals surface area contributed by atoms with E-state index < -0.39 is 6.04 Å². The minimum Gasteiger partial charge on any atom is -0.353 e. The minimum atomic E-state index is -0.417. The van der Waals surface area contributed by atoms with Crippen LogP contribution in [0.15, 0.2) is 29.0 Å². The van der Waals surface area contributed by atoms with E-state index in [4.69, 9.17) is 4.52 Å². The summed E-state index contributed by atoms with van der Waals surface area (Å²) >= 11 is 0. The summed E-state index contributed by atoms with van der Waals surface area (Å²) < 4.78 is 5.30. The van der Waals surface area contributed by atoms with E-state index in [9.17, 15) is 9.59 Å². The Balaban J connectivity index is 1.35. The summed E-state index contributed by atoms with van der Waals surface area (Å²) in [7, 11) is 1.70. The zero-order valence-electron chi connectivity index (χ0n) is 18.0. The summed E-state index contributed by atoms with van der Waals surface area (Å²) in [5, 5.41) is 6.88. The second kappa shape index (κ2) is 10.00. The maximum atomic E-state index is 12.9. The van der Waals surface area contributed by atoms with Crippen molar-refractivity contribution in [3.63, 3.8) is 0 Å². The van der Waals surface area contributed by atoms with Gasteiger partial charge in [0.2, 0.25) is 23.5 Å². The average Bonchev–Trinajstić information content (AvgIpc) is 3.26. The molecule has 2 aliphatic rings. The zero-order valence-corrected chi connectivity index (χ0v) is 18.0. The second-order valence-corrected chi connectivity index (χ2v) is 8.51. The molecule has 2 amide bonds. The van der Waals surface area contributed by atoms with Crippen LogP contribution in [0.3, 0.4) is 0 Å². The Morgan fingerprint density at radius 3 is 2.94 bits per heavy atom. The number of rotatable bonds is 7. The summed E-state index contributed by atoms with van der Waals surface area (Å²) in [6.07, 6.45) is 9.76. The molecule has 1 saturated carbocycles. The number of hydrogen-bond acceptors (Lipinski definition) is 7. The second-order valence-electron chi connectivity index (χ2n) is 8.51. The topological polar surface area (TPSA) is 104 Å². The SMILES string of the molecule is CN(Cc1nc(-c2cccnc2)no1)C(=O)CC1C(=O)NCCN1CC1CCCCC1. The smallest absolute Gasteiger partial charge is 0.246 e. The molecule has 1 aliphatic carbocycles. The van der Waals surface area contributed by atoms with Crippen LogP contribution in [-0.4, -0.2) is 69.5 Å². The lowest BCUT2D eigenvalue weighted by molar-refractivity contribution is -0.138. The van der Waals surface area contributed by atoms with Crippen LogP contribution in [-0.2, 0) is 16.1 Å². The maximum Gasteiger partial charge on any atom is 0.246 e.